The summed E-state index contributed by atoms with van der Waals surface area (Å²) in [6, 6.07) is 15.2. The fourth-order valence-electron chi connectivity index (χ4n) is 4.73. The molecule has 3 aromatic rings. The number of benzene rings is 2. The van der Waals surface area contributed by atoms with Crippen molar-refractivity contribution in [2.45, 2.75) is 31.8 Å². The molecule has 29 heavy (non-hydrogen) atoms. The smallest absolute Gasteiger partial charge is 0.170 e. The first-order valence-electron chi connectivity index (χ1n) is 10.0. The van der Waals surface area contributed by atoms with Crippen molar-refractivity contribution in [1.82, 2.24) is 14.7 Å². The van der Waals surface area contributed by atoms with Gasteiger partial charge >= 0.3 is 0 Å². The van der Waals surface area contributed by atoms with Crippen molar-refractivity contribution in [3.05, 3.63) is 76.7 Å². The molecule has 0 bridgehead atoms. The van der Waals surface area contributed by atoms with Crippen molar-refractivity contribution in [1.29, 1.82) is 0 Å². The van der Waals surface area contributed by atoms with Crippen LogP contribution in [0.5, 0.6) is 0 Å². The Morgan fingerprint density at radius 2 is 2.00 bits per heavy atom. The SMILES string of the molecule is Cc1c(C=O)nn(-c2ccccc2)c1NC1CCN2CCc3ccc(F)cc3[C@@H]12. The number of carbonyl (C=O) groups excluding carboxylic acids is 1. The van der Waals surface area contributed by atoms with Crippen molar-refractivity contribution in [2.24, 2.45) is 0 Å². The summed E-state index contributed by atoms with van der Waals surface area (Å²) in [5.74, 6) is 0.638. The molecule has 2 atom stereocenters. The Morgan fingerprint density at radius 1 is 1.17 bits per heavy atom. The van der Waals surface area contributed by atoms with E-state index >= 15 is 0 Å². The standard InChI is InChI=1S/C23H23FN4O/c1-15-21(14-29)26-28(18-5-3-2-4-6-18)23(15)25-20-10-12-27-11-9-16-7-8-17(24)13-19(16)22(20)27/h2-8,13-14,20,22,25H,9-12H2,1H3/t20?,22-/m0/s1. The summed E-state index contributed by atoms with van der Waals surface area (Å²) in [4.78, 5) is 14.0. The van der Waals surface area contributed by atoms with E-state index in [9.17, 15) is 9.18 Å². The molecule has 5 nitrogen and oxygen atoms in total. The first-order chi connectivity index (χ1) is 14.2. The predicted octanol–water partition coefficient (Wildman–Crippen LogP) is 3.92. The van der Waals surface area contributed by atoms with Crippen LogP contribution in [0.15, 0.2) is 48.5 Å². The van der Waals surface area contributed by atoms with Gasteiger partial charge in [-0.2, -0.15) is 5.10 Å². The Balaban J connectivity index is 1.54. The molecule has 1 aromatic heterocycles. The third kappa shape index (κ3) is 3.04. The second-order valence-corrected chi connectivity index (χ2v) is 7.84. The number of carbonyl (C=O) groups is 1. The predicted molar refractivity (Wildman–Crippen MR) is 110 cm³/mol. The molecule has 2 aromatic carbocycles. The van der Waals surface area contributed by atoms with E-state index < -0.39 is 0 Å². The minimum Gasteiger partial charge on any atom is -0.365 e. The summed E-state index contributed by atoms with van der Waals surface area (Å²) < 4.78 is 15.8. The van der Waals surface area contributed by atoms with E-state index in [0.717, 1.165) is 54.8 Å². The van der Waals surface area contributed by atoms with Crippen LogP contribution >= 0.6 is 0 Å². The fraction of sp³-hybridized carbons (Fsp3) is 0.304. The third-order valence-corrected chi connectivity index (χ3v) is 6.19. The number of para-hydroxylation sites is 1. The Hall–Kier alpha value is -2.99. The number of fused-ring (bicyclic) bond motifs is 3. The molecule has 2 aliphatic rings. The molecule has 1 fully saturated rings. The summed E-state index contributed by atoms with van der Waals surface area (Å²) in [5, 5.41) is 8.18. The minimum absolute atomic E-state index is 0.118. The van der Waals surface area contributed by atoms with Crippen molar-refractivity contribution < 1.29 is 9.18 Å². The fourth-order valence-corrected chi connectivity index (χ4v) is 4.73. The van der Waals surface area contributed by atoms with Gasteiger partial charge in [0.1, 0.15) is 17.3 Å². The van der Waals surface area contributed by atoms with E-state index in [4.69, 9.17) is 0 Å². The van der Waals surface area contributed by atoms with E-state index in [1.807, 2.05) is 43.3 Å². The Labute approximate surface area is 169 Å². The highest BCUT2D eigenvalue weighted by molar-refractivity contribution is 5.78. The molecule has 5 rings (SSSR count). The highest BCUT2D eigenvalue weighted by Gasteiger charge is 2.39. The van der Waals surface area contributed by atoms with Gasteiger partial charge in [0.2, 0.25) is 0 Å². The number of halogens is 1. The summed E-state index contributed by atoms with van der Waals surface area (Å²) in [7, 11) is 0. The third-order valence-electron chi connectivity index (χ3n) is 6.19. The van der Waals surface area contributed by atoms with Crippen molar-refractivity contribution in [3.8, 4) is 5.69 Å². The van der Waals surface area contributed by atoms with E-state index in [2.05, 4.69) is 15.3 Å². The van der Waals surface area contributed by atoms with E-state index in [0.29, 0.717) is 5.69 Å². The van der Waals surface area contributed by atoms with Gasteiger partial charge in [0.05, 0.1) is 11.7 Å². The maximum absolute atomic E-state index is 14.0. The van der Waals surface area contributed by atoms with Crippen molar-refractivity contribution in [2.75, 3.05) is 18.4 Å². The van der Waals surface area contributed by atoms with E-state index in [1.54, 1.807) is 16.8 Å². The monoisotopic (exact) mass is 390 g/mol. The zero-order valence-corrected chi connectivity index (χ0v) is 16.3. The summed E-state index contributed by atoms with van der Waals surface area (Å²) in [6.07, 6.45) is 2.71. The first-order valence-corrected chi connectivity index (χ1v) is 10.0. The van der Waals surface area contributed by atoms with Gasteiger partial charge in [-0.3, -0.25) is 9.69 Å². The van der Waals surface area contributed by atoms with Gasteiger partial charge in [0.25, 0.3) is 0 Å². The van der Waals surface area contributed by atoms with Crippen LogP contribution in [0.4, 0.5) is 10.2 Å². The molecule has 1 unspecified atom stereocenters. The lowest BCUT2D eigenvalue weighted by atomic mass is 9.90. The van der Waals surface area contributed by atoms with Crippen LogP contribution in [0.2, 0.25) is 0 Å². The number of nitrogens with one attached hydrogen (secondary N) is 1. The van der Waals surface area contributed by atoms with Crippen LogP contribution in [-0.2, 0) is 6.42 Å². The van der Waals surface area contributed by atoms with Crippen LogP contribution in [0.3, 0.4) is 0 Å². The molecule has 1 saturated heterocycles. The summed E-state index contributed by atoms with van der Waals surface area (Å²) in [6.45, 7) is 3.87. The number of hydrogen-bond acceptors (Lipinski definition) is 4. The van der Waals surface area contributed by atoms with Gasteiger partial charge in [-0.25, -0.2) is 9.07 Å². The average molecular weight is 390 g/mol. The molecule has 148 valence electrons. The van der Waals surface area contributed by atoms with Gasteiger partial charge in [-0.15, -0.1) is 0 Å². The Morgan fingerprint density at radius 3 is 2.79 bits per heavy atom. The average Bonchev–Trinajstić information content (AvgIpc) is 3.30. The molecular formula is C23H23FN4O. The topological polar surface area (TPSA) is 50.2 Å². The van der Waals surface area contributed by atoms with Crippen LogP contribution in [0.25, 0.3) is 5.69 Å². The quantitative estimate of drug-likeness (QED) is 0.686. The van der Waals surface area contributed by atoms with Crippen LogP contribution in [-0.4, -0.2) is 40.1 Å². The largest absolute Gasteiger partial charge is 0.365 e. The van der Waals surface area contributed by atoms with Gasteiger partial charge < -0.3 is 5.32 Å². The lowest BCUT2D eigenvalue weighted by Crippen LogP contribution is -2.37. The Bertz CT molecular complexity index is 1060. The van der Waals surface area contributed by atoms with E-state index in [1.165, 1.54) is 5.56 Å². The molecule has 0 amide bonds. The molecule has 6 heteroatoms. The lowest BCUT2D eigenvalue weighted by molar-refractivity contribution is 0.111. The molecule has 0 radical (unpaired) electrons. The van der Waals surface area contributed by atoms with Gasteiger partial charge in [-0.05, 0) is 55.2 Å². The minimum atomic E-state index is -0.190. The number of aromatic nitrogens is 2. The highest BCUT2D eigenvalue weighted by Crippen LogP contribution is 2.40. The zero-order valence-electron chi connectivity index (χ0n) is 16.3. The normalized spacial score (nSPS) is 20.9. The number of hydrogen-bond donors (Lipinski definition) is 1. The molecule has 1 N–H and O–H groups in total. The van der Waals surface area contributed by atoms with Gasteiger partial charge in [0.15, 0.2) is 6.29 Å². The number of nitrogens with zero attached hydrogens (tertiary/aromatic N) is 3. The lowest BCUT2D eigenvalue weighted by Gasteiger charge is -2.35. The molecule has 3 heterocycles. The van der Waals surface area contributed by atoms with E-state index in [-0.39, 0.29) is 17.9 Å². The molecular weight excluding hydrogens is 367 g/mol. The molecule has 2 aliphatic heterocycles. The molecule has 0 saturated carbocycles. The maximum atomic E-state index is 14.0. The second-order valence-electron chi connectivity index (χ2n) is 7.84. The summed E-state index contributed by atoms with van der Waals surface area (Å²) in [5.41, 5.74) is 4.46. The maximum Gasteiger partial charge on any atom is 0.170 e. The zero-order chi connectivity index (χ0) is 20.0. The molecule has 0 aliphatic carbocycles. The van der Waals surface area contributed by atoms with Crippen LogP contribution in [0, 0.1) is 12.7 Å². The van der Waals surface area contributed by atoms with Crippen LogP contribution < -0.4 is 5.32 Å². The van der Waals surface area contributed by atoms with Crippen molar-refractivity contribution in [3.63, 3.8) is 0 Å². The second kappa shape index (κ2) is 7.12. The number of anilines is 1. The molecule has 0 spiro atoms. The van der Waals surface area contributed by atoms with Crippen molar-refractivity contribution >= 4 is 12.1 Å². The number of aldehydes is 1. The van der Waals surface area contributed by atoms with Crippen LogP contribution in [0.1, 0.15) is 39.6 Å². The van der Waals surface area contributed by atoms with Gasteiger partial charge in [-0.1, -0.05) is 24.3 Å². The number of rotatable bonds is 4. The Kier molecular flexibility index (Phi) is 4.43. The van der Waals surface area contributed by atoms with Gasteiger partial charge in [0, 0.05) is 24.7 Å². The first kappa shape index (κ1) is 18.1. The highest BCUT2D eigenvalue weighted by atomic mass is 19.1. The summed E-state index contributed by atoms with van der Waals surface area (Å²) >= 11 is 0.